The first-order chi connectivity index (χ1) is 19.5. The van der Waals surface area contributed by atoms with Gasteiger partial charge >= 0.3 is 12.4 Å². The van der Waals surface area contributed by atoms with Gasteiger partial charge in [0.25, 0.3) is 0 Å². The Morgan fingerprint density at radius 3 is 2.27 bits per heavy atom. The molecule has 3 heterocycles. The summed E-state index contributed by atoms with van der Waals surface area (Å²) in [5, 5.41) is 17.1. The number of hydrogen-bond donors (Lipinski definition) is 2. The van der Waals surface area contributed by atoms with Gasteiger partial charge in [-0.2, -0.15) is 26.3 Å². The number of aliphatic hydroxyl groups excluding tert-OH is 1. The Bertz CT molecular complexity index is 1440. The molecule has 0 radical (unpaired) electrons. The lowest BCUT2D eigenvalue weighted by Crippen LogP contribution is -2.47. The smallest absolute Gasteiger partial charge is 0.416 e. The molecule has 1 aliphatic heterocycles. The van der Waals surface area contributed by atoms with Crippen LogP contribution in [0.2, 0.25) is 0 Å². The second-order valence-corrected chi connectivity index (χ2v) is 10.6. The number of fused-ring (bicyclic) bond motifs is 1. The van der Waals surface area contributed by atoms with Crippen molar-refractivity contribution in [2.24, 2.45) is 0 Å². The molecular weight excluding hydrogens is 570 g/mol. The Morgan fingerprint density at radius 2 is 1.63 bits per heavy atom. The molecule has 1 aliphatic rings. The number of aromatic nitrogens is 2. The molecule has 1 saturated heterocycles. The average Bonchev–Trinajstić information content (AvgIpc) is 3.39. The number of ether oxygens (including phenoxy) is 1. The van der Waals surface area contributed by atoms with Crippen LogP contribution in [-0.2, 0) is 12.4 Å². The number of halogens is 6. The van der Waals surface area contributed by atoms with Gasteiger partial charge in [0, 0.05) is 23.5 Å². The van der Waals surface area contributed by atoms with E-state index in [1.165, 1.54) is 17.7 Å². The van der Waals surface area contributed by atoms with E-state index in [2.05, 4.69) is 15.3 Å². The Morgan fingerprint density at radius 1 is 0.976 bits per heavy atom. The Labute approximate surface area is 235 Å². The van der Waals surface area contributed by atoms with Gasteiger partial charge in [-0.1, -0.05) is 30.3 Å². The minimum Gasteiger partial charge on any atom is -0.491 e. The van der Waals surface area contributed by atoms with Gasteiger partial charge in [0.05, 0.1) is 16.5 Å². The molecule has 1 unspecified atom stereocenters. The summed E-state index contributed by atoms with van der Waals surface area (Å²) >= 11 is 1.46. The molecule has 6 nitrogen and oxygen atoms in total. The maximum atomic E-state index is 13.3. The van der Waals surface area contributed by atoms with Crippen molar-refractivity contribution in [3.05, 3.63) is 71.4 Å². The van der Waals surface area contributed by atoms with Crippen molar-refractivity contribution in [1.29, 1.82) is 0 Å². The van der Waals surface area contributed by atoms with E-state index in [1.807, 2.05) is 40.6 Å². The van der Waals surface area contributed by atoms with Gasteiger partial charge in [-0.25, -0.2) is 9.97 Å². The summed E-state index contributed by atoms with van der Waals surface area (Å²) in [5.74, 6) is -0.0345. The molecule has 0 spiro atoms. The predicted molar refractivity (Wildman–Crippen MR) is 144 cm³/mol. The number of anilines is 1. The van der Waals surface area contributed by atoms with Crippen LogP contribution < -0.4 is 15.0 Å². The Hall–Kier alpha value is -3.42. The fourth-order valence-corrected chi connectivity index (χ4v) is 5.83. The second-order valence-electron chi connectivity index (χ2n) is 9.73. The summed E-state index contributed by atoms with van der Waals surface area (Å²) in [6, 6.07) is 10.7. The van der Waals surface area contributed by atoms with Crippen LogP contribution in [0.15, 0.2) is 60.2 Å². The van der Waals surface area contributed by atoms with Gasteiger partial charge in [0.2, 0.25) is 0 Å². The van der Waals surface area contributed by atoms with Crippen molar-refractivity contribution < 1.29 is 36.2 Å². The quantitative estimate of drug-likeness (QED) is 0.230. The number of alkyl halides is 6. The molecular formula is C28H26F6N4O2S. The number of nitrogens with one attached hydrogen (secondary N) is 1. The molecule has 1 atom stereocenters. The summed E-state index contributed by atoms with van der Waals surface area (Å²) in [4.78, 5) is 11.7. The number of aliphatic hydroxyl groups is 1. The van der Waals surface area contributed by atoms with E-state index in [0.717, 1.165) is 47.3 Å². The molecule has 13 heteroatoms. The zero-order valence-electron chi connectivity index (χ0n) is 21.5. The maximum Gasteiger partial charge on any atom is 0.416 e. The summed E-state index contributed by atoms with van der Waals surface area (Å²) in [7, 11) is 0. The molecule has 0 bridgehead atoms. The molecule has 2 aromatic heterocycles. The molecule has 41 heavy (non-hydrogen) atoms. The molecule has 5 rings (SSSR count). The van der Waals surface area contributed by atoms with Crippen LogP contribution in [0.25, 0.3) is 21.3 Å². The van der Waals surface area contributed by atoms with Gasteiger partial charge in [-0.05, 0) is 49.7 Å². The van der Waals surface area contributed by atoms with Crippen LogP contribution in [0.1, 0.15) is 24.0 Å². The van der Waals surface area contributed by atoms with E-state index in [4.69, 9.17) is 4.74 Å². The zero-order valence-corrected chi connectivity index (χ0v) is 22.4. The summed E-state index contributed by atoms with van der Waals surface area (Å²) < 4.78 is 84.9. The summed E-state index contributed by atoms with van der Waals surface area (Å²) in [6.07, 6.45) is -8.32. The average molecular weight is 597 g/mol. The number of thiophene rings is 1. The lowest BCUT2D eigenvalue weighted by Gasteiger charge is -2.37. The van der Waals surface area contributed by atoms with Crippen molar-refractivity contribution in [3.63, 3.8) is 0 Å². The van der Waals surface area contributed by atoms with E-state index in [9.17, 15) is 31.4 Å². The number of rotatable bonds is 8. The van der Waals surface area contributed by atoms with E-state index in [0.29, 0.717) is 18.0 Å². The third kappa shape index (κ3) is 6.74. The van der Waals surface area contributed by atoms with Crippen LogP contribution in [0.3, 0.4) is 0 Å². The van der Waals surface area contributed by atoms with Gasteiger partial charge in [0.15, 0.2) is 0 Å². The number of piperidine rings is 1. The standard InChI is InChI=1S/C28H26F6N4O2S/c29-27(30,31)18-10-19(28(32,33)34)12-22(11-18)40-14-21(39)13-38(20-6-8-35-9-7-20)25-24-23(17-4-2-1-3-5-17)15-41-26(24)37-16-36-25/h1-5,10-12,15-16,20-21,35,39H,6-9,13-14H2. The van der Waals surface area contributed by atoms with Crippen LogP contribution in [0, 0.1) is 0 Å². The highest BCUT2D eigenvalue weighted by Gasteiger charge is 2.37. The Kier molecular flexibility index (Phi) is 8.39. The molecule has 0 amide bonds. The van der Waals surface area contributed by atoms with E-state index < -0.39 is 41.9 Å². The topological polar surface area (TPSA) is 70.5 Å². The molecule has 4 aromatic rings. The van der Waals surface area contributed by atoms with Crippen LogP contribution >= 0.6 is 11.3 Å². The predicted octanol–water partition coefficient (Wildman–Crippen LogP) is 6.39. The molecule has 1 fully saturated rings. The van der Waals surface area contributed by atoms with Gasteiger partial charge in [0.1, 0.15) is 35.4 Å². The van der Waals surface area contributed by atoms with Crippen molar-refractivity contribution >= 4 is 27.4 Å². The third-order valence-electron chi connectivity index (χ3n) is 6.87. The van der Waals surface area contributed by atoms with Crippen LogP contribution in [0.4, 0.5) is 32.2 Å². The van der Waals surface area contributed by atoms with Crippen molar-refractivity contribution in [1.82, 2.24) is 15.3 Å². The van der Waals surface area contributed by atoms with E-state index >= 15 is 0 Å². The fourth-order valence-electron chi connectivity index (χ4n) is 4.92. The molecule has 2 N–H and O–H groups in total. The lowest BCUT2D eigenvalue weighted by molar-refractivity contribution is -0.143. The SMILES string of the molecule is OC(COc1cc(C(F)(F)F)cc(C(F)(F)F)c1)CN(c1ncnc2scc(-c3ccccc3)c12)C1CCNCC1. The van der Waals surface area contributed by atoms with Crippen LogP contribution in [-0.4, -0.2) is 53.5 Å². The van der Waals surface area contributed by atoms with Crippen molar-refractivity contribution in [3.8, 4) is 16.9 Å². The van der Waals surface area contributed by atoms with E-state index in [1.54, 1.807) is 0 Å². The normalized spacial score (nSPS) is 15.7. The second kappa shape index (κ2) is 11.8. The number of benzene rings is 2. The lowest BCUT2D eigenvalue weighted by atomic mass is 10.0. The van der Waals surface area contributed by atoms with Crippen LogP contribution in [0.5, 0.6) is 5.75 Å². The molecule has 2 aromatic carbocycles. The van der Waals surface area contributed by atoms with Gasteiger partial charge in [-0.15, -0.1) is 11.3 Å². The number of nitrogens with zero attached hydrogens (tertiary/aromatic N) is 3. The molecule has 0 aliphatic carbocycles. The first-order valence-corrected chi connectivity index (χ1v) is 13.7. The third-order valence-corrected chi connectivity index (χ3v) is 7.75. The monoisotopic (exact) mass is 596 g/mol. The first kappa shape index (κ1) is 29.1. The minimum atomic E-state index is -5.00. The van der Waals surface area contributed by atoms with Gasteiger partial charge < -0.3 is 20.1 Å². The summed E-state index contributed by atoms with van der Waals surface area (Å²) in [6.45, 7) is 0.943. The minimum absolute atomic E-state index is 0.00799. The Balaban J connectivity index is 1.43. The zero-order chi connectivity index (χ0) is 29.2. The van der Waals surface area contributed by atoms with E-state index in [-0.39, 0.29) is 18.7 Å². The largest absolute Gasteiger partial charge is 0.491 e. The van der Waals surface area contributed by atoms with Crippen molar-refractivity contribution in [2.45, 2.75) is 37.3 Å². The highest BCUT2D eigenvalue weighted by atomic mass is 32.1. The highest BCUT2D eigenvalue weighted by Crippen LogP contribution is 2.40. The van der Waals surface area contributed by atoms with Gasteiger partial charge in [-0.3, -0.25) is 0 Å². The molecule has 218 valence electrons. The first-order valence-electron chi connectivity index (χ1n) is 12.9. The molecule has 0 saturated carbocycles. The fraction of sp³-hybridized carbons (Fsp3) is 0.357. The maximum absolute atomic E-state index is 13.3. The summed E-state index contributed by atoms with van der Waals surface area (Å²) in [5.41, 5.74) is -1.08. The number of hydrogen-bond acceptors (Lipinski definition) is 7. The highest BCUT2D eigenvalue weighted by molar-refractivity contribution is 7.17. The van der Waals surface area contributed by atoms with Crippen molar-refractivity contribution in [2.75, 3.05) is 31.1 Å².